The molecule has 0 unspecified atom stereocenters. The molecule has 17 heavy (non-hydrogen) atoms. The highest BCUT2D eigenvalue weighted by Crippen LogP contribution is 1.91. The van der Waals surface area contributed by atoms with Crippen LogP contribution in [0.25, 0.3) is 0 Å². The van der Waals surface area contributed by atoms with Gasteiger partial charge in [-0.25, -0.2) is 0 Å². The van der Waals surface area contributed by atoms with Crippen LogP contribution < -0.4 is 10.6 Å². The molecule has 1 rings (SSSR count). The second kappa shape index (κ2) is 7.34. The number of amides is 2. The van der Waals surface area contributed by atoms with Crippen LogP contribution in [0.4, 0.5) is 0 Å². The van der Waals surface area contributed by atoms with Crippen LogP contribution in [0.15, 0.2) is 24.4 Å². The maximum atomic E-state index is 11.3. The van der Waals surface area contributed by atoms with Crippen LogP contribution in [0.5, 0.6) is 0 Å². The van der Waals surface area contributed by atoms with Crippen LogP contribution in [0.2, 0.25) is 0 Å². The van der Waals surface area contributed by atoms with Crippen LogP contribution in [0.3, 0.4) is 0 Å². The standard InChI is InChI=1S/C11H15N3O3/c15-7-3-6-13-10(16)11(17)14-8-9-4-1-2-5-12-9/h1-2,4-5,15H,3,6-8H2,(H,13,16)(H,14,17). The highest BCUT2D eigenvalue weighted by atomic mass is 16.3. The fourth-order valence-corrected chi connectivity index (χ4v) is 1.12. The van der Waals surface area contributed by atoms with Crippen molar-refractivity contribution in [1.29, 1.82) is 0 Å². The highest BCUT2D eigenvalue weighted by molar-refractivity contribution is 6.35. The van der Waals surface area contributed by atoms with Crippen molar-refractivity contribution in [1.82, 2.24) is 15.6 Å². The predicted octanol–water partition coefficient (Wildman–Crippen LogP) is -0.804. The third-order valence-corrected chi connectivity index (χ3v) is 1.98. The molecule has 92 valence electrons. The van der Waals surface area contributed by atoms with E-state index in [1.165, 1.54) is 0 Å². The molecule has 0 bridgehead atoms. The van der Waals surface area contributed by atoms with Gasteiger partial charge in [0.1, 0.15) is 0 Å². The largest absolute Gasteiger partial charge is 0.396 e. The lowest BCUT2D eigenvalue weighted by molar-refractivity contribution is -0.139. The van der Waals surface area contributed by atoms with E-state index < -0.39 is 11.8 Å². The Balaban J connectivity index is 2.27. The van der Waals surface area contributed by atoms with Crippen molar-refractivity contribution < 1.29 is 14.7 Å². The summed E-state index contributed by atoms with van der Waals surface area (Å²) < 4.78 is 0. The molecule has 1 heterocycles. The number of pyridine rings is 1. The molecule has 0 aromatic carbocycles. The van der Waals surface area contributed by atoms with Gasteiger partial charge in [0, 0.05) is 19.3 Å². The van der Waals surface area contributed by atoms with Crippen molar-refractivity contribution in [3.63, 3.8) is 0 Å². The molecule has 0 spiro atoms. The average Bonchev–Trinajstić information content (AvgIpc) is 2.37. The van der Waals surface area contributed by atoms with Gasteiger partial charge >= 0.3 is 11.8 Å². The van der Waals surface area contributed by atoms with E-state index in [1.807, 2.05) is 0 Å². The normalized spacial score (nSPS) is 9.71. The van der Waals surface area contributed by atoms with Crippen molar-refractivity contribution in [3.05, 3.63) is 30.1 Å². The average molecular weight is 237 g/mol. The van der Waals surface area contributed by atoms with Gasteiger partial charge in [0.15, 0.2) is 0 Å². The molecule has 2 amide bonds. The van der Waals surface area contributed by atoms with E-state index in [-0.39, 0.29) is 19.7 Å². The number of aromatic nitrogens is 1. The van der Waals surface area contributed by atoms with Gasteiger partial charge < -0.3 is 15.7 Å². The molecule has 0 saturated heterocycles. The van der Waals surface area contributed by atoms with Gasteiger partial charge in [0.2, 0.25) is 0 Å². The second-order valence-corrected chi connectivity index (χ2v) is 3.34. The van der Waals surface area contributed by atoms with E-state index in [4.69, 9.17) is 5.11 Å². The van der Waals surface area contributed by atoms with E-state index in [0.29, 0.717) is 12.1 Å². The quantitative estimate of drug-likeness (QED) is 0.461. The number of nitrogens with one attached hydrogen (secondary N) is 2. The molecule has 0 saturated carbocycles. The van der Waals surface area contributed by atoms with Gasteiger partial charge in [0.05, 0.1) is 12.2 Å². The van der Waals surface area contributed by atoms with Crippen LogP contribution in [-0.2, 0) is 16.1 Å². The Labute approximate surface area is 99.1 Å². The van der Waals surface area contributed by atoms with Gasteiger partial charge in [-0.2, -0.15) is 0 Å². The Hall–Kier alpha value is -1.95. The van der Waals surface area contributed by atoms with E-state index >= 15 is 0 Å². The topological polar surface area (TPSA) is 91.3 Å². The van der Waals surface area contributed by atoms with Gasteiger partial charge in [-0.3, -0.25) is 14.6 Å². The zero-order chi connectivity index (χ0) is 12.5. The molecule has 1 aromatic heterocycles. The summed E-state index contributed by atoms with van der Waals surface area (Å²) in [5.74, 6) is -1.40. The maximum absolute atomic E-state index is 11.3. The Bertz CT molecular complexity index is 367. The van der Waals surface area contributed by atoms with Crippen molar-refractivity contribution >= 4 is 11.8 Å². The van der Waals surface area contributed by atoms with Gasteiger partial charge in [-0.1, -0.05) is 6.07 Å². The molecular weight excluding hydrogens is 222 g/mol. The van der Waals surface area contributed by atoms with Gasteiger partial charge in [-0.15, -0.1) is 0 Å². The predicted molar refractivity (Wildman–Crippen MR) is 60.8 cm³/mol. The summed E-state index contributed by atoms with van der Waals surface area (Å²) in [5, 5.41) is 13.3. The van der Waals surface area contributed by atoms with Crippen LogP contribution in [0.1, 0.15) is 12.1 Å². The molecule has 0 atom stereocenters. The number of carbonyl (C=O) groups excluding carboxylic acids is 2. The first-order valence-electron chi connectivity index (χ1n) is 5.31. The van der Waals surface area contributed by atoms with E-state index in [1.54, 1.807) is 24.4 Å². The smallest absolute Gasteiger partial charge is 0.309 e. The fraction of sp³-hybridized carbons (Fsp3) is 0.364. The highest BCUT2D eigenvalue weighted by Gasteiger charge is 2.11. The van der Waals surface area contributed by atoms with Crippen LogP contribution >= 0.6 is 0 Å². The molecule has 3 N–H and O–H groups in total. The van der Waals surface area contributed by atoms with E-state index in [9.17, 15) is 9.59 Å². The maximum Gasteiger partial charge on any atom is 0.309 e. The third-order valence-electron chi connectivity index (χ3n) is 1.98. The third kappa shape index (κ3) is 5.07. The summed E-state index contributed by atoms with van der Waals surface area (Å²) >= 11 is 0. The SMILES string of the molecule is O=C(NCCCO)C(=O)NCc1ccccn1. The number of hydrogen-bond acceptors (Lipinski definition) is 4. The summed E-state index contributed by atoms with van der Waals surface area (Å²) in [7, 11) is 0. The monoisotopic (exact) mass is 237 g/mol. The van der Waals surface area contributed by atoms with E-state index in [2.05, 4.69) is 15.6 Å². The molecule has 0 aliphatic rings. The lowest BCUT2D eigenvalue weighted by Gasteiger charge is -2.05. The van der Waals surface area contributed by atoms with Crippen molar-refractivity contribution in [2.24, 2.45) is 0 Å². The Kier molecular flexibility index (Phi) is 5.67. The molecule has 0 radical (unpaired) electrons. The zero-order valence-corrected chi connectivity index (χ0v) is 9.35. The van der Waals surface area contributed by atoms with Crippen molar-refractivity contribution in [3.8, 4) is 0 Å². The molecule has 0 aliphatic carbocycles. The van der Waals surface area contributed by atoms with Gasteiger partial charge in [0.25, 0.3) is 0 Å². The minimum absolute atomic E-state index is 0.0180. The number of carbonyl (C=O) groups is 2. The summed E-state index contributed by atoms with van der Waals surface area (Å²) in [6, 6.07) is 5.33. The first-order chi connectivity index (χ1) is 8.24. The Morgan fingerprint density at radius 1 is 1.24 bits per heavy atom. The lowest BCUT2D eigenvalue weighted by atomic mass is 10.3. The molecule has 6 heteroatoms. The zero-order valence-electron chi connectivity index (χ0n) is 9.35. The van der Waals surface area contributed by atoms with E-state index in [0.717, 1.165) is 0 Å². The molecule has 0 fully saturated rings. The number of aliphatic hydroxyl groups is 1. The van der Waals surface area contributed by atoms with Crippen LogP contribution in [0, 0.1) is 0 Å². The fourth-order valence-electron chi connectivity index (χ4n) is 1.12. The summed E-state index contributed by atoms with van der Waals surface area (Å²) in [6.07, 6.45) is 2.04. The number of rotatable bonds is 5. The van der Waals surface area contributed by atoms with Crippen molar-refractivity contribution in [2.45, 2.75) is 13.0 Å². The second-order valence-electron chi connectivity index (χ2n) is 3.34. The van der Waals surface area contributed by atoms with Crippen LogP contribution in [-0.4, -0.2) is 35.1 Å². The minimum atomic E-state index is -0.700. The summed E-state index contributed by atoms with van der Waals surface area (Å²) in [6.45, 7) is 0.481. The first-order valence-corrected chi connectivity index (χ1v) is 5.31. The minimum Gasteiger partial charge on any atom is -0.396 e. The molecular formula is C11H15N3O3. The lowest BCUT2D eigenvalue weighted by Crippen LogP contribution is -2.40. The Morgan fingerprint density at radius 3 is 2.65 bits per heavy atom. The number of aliphatic hydroxyl groups excluding tert-OH is 1. The Morgan fingerprint density at radius 2 is 2.00 bits per heavy atom. The molecule has 6 nitrogen and oxygen atoms in total. The molecule has 1 aromatic rings. The summed E-state index contributed by atoms with van der Waals surface area (Å²) in [5.41, 5.74) is 0.684. The molecule has 0 aliphatic heterocycles. The van der Waals surface area contributed by atoms with Crippen molar-refractivity contribution in [2.75, 3.05) is 13.2 Å². The number of nitrogens with zero attached hydrogens (tertiary/aromatic N) is 1. The first kappa shape index (κ1) is 13.1. The van der Waals surface area contributed by atoms with Gasteiger partial charge in [-0.05, 0) is 18.6 Å². The summed E-state index contributed by atoms with van der Waals surface area (Å²) in [4.78, 5) is 26.5. The number of hydrogen-bond donors (Lipinski definition) is 3.